The fourth-order valence-corrected chi connectivity index (χ4v) is 1.88. The number of alkyl halides is 3. The van der Waals surface area contributed by atoms with Gasteiger partial charge >= 0.3 is 6.18 Å². The second-order valence-electron chi connectivity index (χ2n) is 5.15. The highest BCUT2D eigenvalue weighted by Crippen LogP contribution is 2.25. The van der Waals surface area contributed by atoms with Crippen molar-refractivity contribution in [1.29, 1.82) is 0 Å². The van der Waals surface area contributed by atoms with Crippen molar-refractivity contribution in [2.45, 2.75) is 65.1 Å². The van der Waals surface area contributed by atoms with E-state index >= 15 is 0 Å². The van der Waals surface area contributed by atoms with Crippen molar-refractivity contribution in [2.24, 2.45) is 5.41 Å². The van der Waals surface area contributed by atoms with Gasteiger partial charge in [0.05, 0.1) is 0 Å². The third-order valence-corrected chi connectivity index (χ3v) is 3.76. The van der Waals surface area contributed by atoms with Crippen molar-refractivity contribution in [3.63, 3.8) is 0 Å². The number of halogens is 3. The number of nitrogens with one attached hydrogen (secondary N) is 1. The van der Waals surface area contributed by atoms with Crippen molar-refractivity contribution in [1.82, 2.24) is 5.32 Å². The SMILES string of the molecule is CCC(CC)(CO)CNC(C)CCCC(F)(F)F. The van der Waals surface area contributed by atoms with Crippen LogP contribution in [0.15, 0.2) is 0 Å². The number of rotatable bonds is 9. The Morgan fingerprint density at radius 1 is 1.17 bits per heavy atom. The molecule has 0 aliphatic rings. The molecule has 0 aromatic carbocycles. The van der Waals surface area contributed by atoms with E-state index in [1.807, 2.05) is 20.8 Å². The molecule has 0 amide bonds. The lowest BCUT2D eigenvalue weighted by atomic mass is 9.83. The molecule has 0 saturated heterocycles. The molecule has 0 aliphatic heterocycles. The highest BCUT2D eigenvalue weighted by Gasteiger charge is 2.27. The molecule has 2 nitrogen and oxygen atoms in total. The summed E-state index contributed by atoms with van der Waals surface area (Å²) < 4.78 is 36.0. The van der Waals surface area contributed by atoms with Gasteiger partial charge in [0.2, 0.25) is 0 Å². The van der Waals surface area contributed by atoms with Gasteiger partial charge in [-0.15, -0.1) is 0 Å². The summed E-state index contributed by atoms with van der Waals surface area (Å²) in [5, 5.41) is 12.6. The van der Waals surface area contributed by atoms with Crippen molar-refractivity contribution in [3.05, 3.63) is 0 Å². The second-order valence-corrected chi connectivity index (χ2v) is 5.15. The van der Waals surface area contributed by atoms with Gasteiger partial charge in [0.25, 0.3) is 0 Å². The molecule has 0 spiro atoms. The molecule has 1 atom stereocenters. The molecule has 5 heteroatoms. The lowest BCUT2D eigenvalue weighted by Crippen LogP contribution is -2.40. The highest BCUT2D eigenvalue weighted by atomic mass is 19.4. The summed E-state index contributed by atoms with van der Waals surface area (Å²) in [6.45, 7) is 6.71. The number of hydrogen-bond acceptors (Lipinski definition) is 2. The van der Waals surface area contributed by atoms with E-state index in [1.54, 1.807) is 0 Å². The minimum atomic E-state index is -4.05. The topological polar surface area (TPSA) is 32.3 Å². The van der Waals surface area contributed by atoms with E-state index in [1.165, 1.54) is 0 Å². The van der Waals surface area contributed by atoms with Gasteiger partial charge in [0.15, 0.2) is 0 Å². The summed E-state index contributed by atoms with van der Waals surface area (Å²) in [6, 6.07) is 0.0522. The van der Waals surface area contributed by atoms with Gasteiger partial charge in [-0.25, -0.2) is 0 Å². The Labute approximate surface area is 108 Å². The van der Waals surface area contributed by atoms with Gasteiger partial charge in [-0.1, -0.05) is 13.8 Å². The molecule has 110 valence electrons. The third kappa shape index (κ3) is 7.21. The molecular weight excluding hydrogens is 243 g/mol. The average Bonchev–Trinajstić information content (AvgIpc) is 2.30. The van der Waals surface area contributed by atoms with Gasteiger partial charge in [-0.3, -0.25) is 0 Å². The Balaban J connectivity index is 3.91. The van der Waals surface area contributed by atoms with Crippen LogP contribution in [-0.4, -0.2) is 30.5 Å². The van der Waals surface area contributed by atoms with Gasteiger partial charge in [0, 0.05) is 31.0 Å². The Hall–Kier alpha value is -0.290. The summed E-state index contributed by atoms with van der Waals surface area (Å²) in [5.41, 5.74) is -0.141. The van der Waals surface area contributed by atoms with Crippen LogP contribution in [0.5, 0.6) is 0 Å². The zero-order valence-corrected chi connectivity index (χ0v) is 11.6. The van der Waals surface area contributed by atoms with E-state index in [4.69, 9.17) is 0 Å². The van der Waals surface area contributed by atoms with Crippen LogP contribution in [0.25, 0.3) is 0 Å². The van der Waals surface area contributed by atoms with Crippen LogP contribution in [0.3, 0.4) is 0 Å². The van der Waals surface area contributed by atoms with Gasteiger partial charge in [0.1, 0.15) is 0 Å². The maximum absolute atomic E-state index is 12.0. The fourth-order valence-electron chi connectivity index (χ4n) is 1.88. The molecule has 0 fully saturated rings. The number of aliphatic hydroxyl groups is 1. The van der Waals surface area contributed by atoms with Crippen LogP contribution in [0.1, 0.15) is 52.9 Å². The van der Waals surface area contributed by atoms with Gasteiger partial charge in [-0.2, -0.15) is 13.2 Å². The van der Waals surface area contributed by atoms with Crippen molar-refractivity contribution >= 4 is 0 Å². The third-order valence-electron chi connectivity index (χ3n) is 3.76. The largest absolute Gasteiger partial charge is 0.396 e. The standard InChI is InChI=1S/C13H26F3NO/c1-4-12(5-2,10-18)9-17-11(3)7-6-8-13(14,15)16/h11,17-18H,4-10H2,1-3H3. The average molecular weight is 269 g/mol. The summed E-state index contributed by atoms with van der Waals surface area (Å²) in [5.74, 6) is 0. The molecule has 0 bridgehead atoms. The first-order valence-corrected chi connectivity index (χ1v) is 6.69. The normalized spacial score (nSPS) is 14.8. The molecule has 0 aliphatic carbocycles. The quantitative estimate of drug-likeness (QED) is 0.671. The first-order chi connectivity index (χ1) is 8.28. The predicted molar refractivity (Wildman–Crippen MR) is 67.5 cm³/mol. The second kappa shape index (κ2) is 8.00. The molecule has 0 aromatic rings. The lowest BCUT2D eigenvalue weighted by molar-refractivity contribution is -0.135. The first kappa shape index (κ1) is 17.7. The fraction of sp³-hybridized carbons (Fsp3) is 1.00. The van der Waals surface area contributed by atoms with Crippen molar-refractivity contribution in [2.75, 3.05) is 13.2 Å². The lowest BCUT2D eigenvalue weighted by Gasteiger charge is -2.31. The first-order valence-electron chi connectivity index (χ1n) is 6.69. The monoisotopic (exact) mass is 269 g/mol. The predicted octanol–water partition coefficient (Wildman–Crippen LogP) is 3.50. The van der Waals surface area contributed by atoms with E-state index in [9.17, 15) is 18.3 Å². The van der Waals surface area contributed by atoms with Crippen LogP contribution in [0.4, 0.5) is 13.2 Å². The molecule has 0 aromatic heterocycles. The molecule has 0 rings (SSSR count). The van der Waals surface area contributed by atoms with Crippen LogP contribution in [-0.2, 0) is 0 Å². The van der Waals surface area contributed by atoms with E-state index in [-0.39, 0.29) is 24.5 Å². The van der Waals surface area contributed by atoms with Crippen LogP contribution in [0, 0.1) is 5.41 Å². The van der Waals surface area contributed by atoms with Crippen molar-refractivity contribution in [3.8, 4) is 0 Å². The van der Waals surface area contributed by atoms with Crippen molar-refractivity contribution < 1.29 is 18.3 Å². The van der Waals surface area contributed by atoms with Crippen LogP contribution < -0.4 is 5.32 Å². The van der Waals surface area contributed by atoms with Crippen LogP contribution >= 0.6 is 0 Å². The maximum Gasteiger partial charge on any atom is 0.389 e. The Kier molecular flexibility index (Phi) is 7.87. The van der Waals surface area contributed by atoms with Gasteiger partial charge < -0.3 is 10.4 Å². The minimum Gasteiger partial charge on any atom is -0.396 e. The Bertz CT molecular complexity index is 207. The molecule has 0 heterocycles. The molecule has 18 heavy (non-hydrogen) atoms. The van der Waals surface area contributed by atoms with E-state index in [0.717, 1.165) is 12.8 Å². The van der Waals surface area contributed by atoms with Gasteiger partial charge in [-0.05, 0) is 32.6 Å². The number of aliphatic hydroxyl groups excluding tert-OH is 1. The molecule has 0 saturated carbocycles. The molecule has 0 radical (unpaired) electrons. The summed E-state index contributed by atoms with van der Waals surface area (Å²) in [7, 11) is 0. The molecular formula is C13H26F3NO. The number of hydrogen-bond donors (Lipinski definition) is 2. The zero-order valence-electron chi connectivity index (χ0n) is 11.6. The smallest absolute Gasteiger partial charge is 0.389 e. The summed E-state index contributed by atoms with van der Waals surface area (Å²) in [4.78, 5) is 0. The minimum absolute atomic E-state index is 0.0522. The molecule has 2 N–H and O–H groups in total. The summed E-state index contributed by atoms with van der Waals surface area (Å²) >= 11 is 0. The van der Waals surface area contributed by atoms with Crippen LogP contribution in [0.2, 0.25) is 0 Å². The zero-order chi connectivity index (χ0) is 14.2. The Morgan fingerprint density at radius 2 is 1.72 bits per heavy atom. The van der Waals surface area contributed by atoms with E-state index in [2.05, 4.69) is 5.32 Å². The summed E-state index contributed by atoms with van der Waals surface area (Å²) in [6.07, 6.45) is -2.38. The molecule has 1 unspecified atom stereocenters. The highest BCUT2D eigenvalue weighted by molar-refractivity contribution is 4.79. The van der Waals surface area contributed by atoms with E-state index < -0.39 is 12.6 Å². The van der Waals surface area contributed by atoms with E-state index in [0.29, 0.717) is 13.0 Å². The maximum atomic E-state index is 12.0. The Morgan fingerprint density at radius 3 is 2.11 bits per heavy atom.